The highest BCUT2D eigenvalue weighted by atomic mass is 16.6. The third kappa shape index (κ3) is 3.28. The molecule has 4 heteroatoms. The molecule has 136 valence electrons. The van der Waals surface area contributed by atoms with Crippen molar-refractivity contribution in [1.29, 1.82) is 0 Å². The summed E-state index contributed by atoms with van der Waals surface area (Å²) in [7, 11) is 0. The molecule has 0 N–H and O–H groups in total. The molecule has 4 rings (SSSR count). The minimum atomic E-state index is -0.425. The Kier molecular flexibility index (Phi) is 3.94. The second-order valence-electron chi connectivity index (χ2n) is 8.61. The van der Waals surface area contributed by atoms with Crippen LogP contribution in [0.5, 0.6) is 0 Å². The van der Waals surface area contributed by atoms with Crippen LogP contribution in [0.2, 0.25) is 0 Å². The van der Waals surface area contributed by atoms with E-state index in [0.717, 1.165) is 26.2 Å². The maximum Gasteiger partial charge on any atom is 0.410 e. The summed E-state index contributed by atoms with van der Waals surface area (Å²) < 4.78 is 5.44. The summed E-state index contributed by atoms with van der Waals surface area (Å²) >= 11 is 0. The molecular weight excluding hydrogens is 324 g/mol. The molecule has 2 aromatic carbocycles. The Labute approximate surface area is 155 Å². The Bertz CT molecular complexity index is 779. The van der Waals surface area contributed by atoms with Crippen molar-refractivity contribution in [2.24, 2.45) is 5.41 Å². The second kappa shape index (κ2) is 6.04. The van der Waals surface area contributed by atoms with E-state index in [1.54, 1.807) is 0 Å². The number of anilines is 1. The van der Waals surface area contributed by atoms with Crippen molar-refractivity contribution in [3.8, 4) is 11.1 Å². The molecular formula is C22H26N2O2. The minimum Gasteiger partial charge on any atom is -0.444 e. The number of carbonyl (C=O) groups is 1. The van der Waals surface area contributed by atoms with Crippen LogP contribution in [-0.2, 0) is 4.74 Å². The van der Waals surface area contributed by atoms with Crippen LogP contribution in [0.4, 0.5) is 10.5 Å². The summed E-state index contributed by atoms with van der Waals surface area (Å²) in [6.07, 6.45) is -0.186. The Morgan fingerprint density at radius 3 is 2.04 bits per heavy atom. The minimum absolute atomic E-state index is 0.186. The van der Waals surface area contributed by atoms with Gasteiger partial charge in [-0.2, -0.15) is 0 Å². The molecule has 1 amide bonds. The SMILES string of the molecule is CC(C)(C)OC(=O)N1CC2(C1)CN(c1ccc(-c3ccccc3)cc1)C2. The van der Waals surface area contributed by atoms with Crippen LogP contribution >= 0.6 is 0 Å². The first-order chi connectivity index (χ1) is 12.3. The molecule has 2 aliphatic heterocycles. The van der Waals surface area contributed by atoms with Gasteiger partial charge in [-0.1, -0.05) is 42.5 Å². The fraction of sp³-hybridized carbons (Fsp3) is 0.409. The maximum absolute atomic E-state index is 12.1. The lowest BCUT2D eigenvalue weighted by molar-refractivity contribution is -0.0452. The number of hydrogen-bond donors (Lipinski definition) is 0. The van der Waals surface area contributed by atoms with E-state index in [0.29, 0.717) is 0 Å². The lowest BCUT2D eigenvalue weighted by Crippen LogP contribution is -2.73. The van der Waals surface area contributed by atoms with Gasteiger partial charge >= 0.3 is 6.09 Å². The summed E-state index contributed by atoms with van der Waals surface area (Å²) in [5.41, 5.74) is 3.57. The van der Waals surface area contributed by atoms with Crippen LogP contribution in [0.15, 0.2) is 54.6 Å². The van der Waals surface area contributed by atoms with Crippen molar-refractivity contribution in [2.75, 3.05) is 31.1 Å². The number of ether oxygens (including phenoxy) is 1. The number of rotatable bonds is 2. The molecule has 2 aliphatic rings. The molecule has 0 aromatic heterocycles. The Morgan fingerprint density at radius 1 is 0.885 bits per heavy atom. The average Bonchev–Trinajstić information content (AvgIpc) is 2.52. The van der Waals surface area contributed by atoms with Crippen molar-refractivity contribution in [2.45, 2.75) is 26.4 Å². The predicted octanol–water partition coefficient (Wildman–Crippen LogP) is 4.41. The zero-order valence-electron chi connectivity index (χ0n) is 15.7. The van der Waals surface area contributed by atoms with Gasteiger partial charge in [0, 0.05) is 37.3 Å². The summed E-state index contributed by atoms with van der Waals surface area (Å²) in [5, 5.41) is 0. The molecule has 2 aromatic rings. The molecule has 26 heavy (non-hydrogen) atoms. The molecule has 2 heterocycles. The first kappa shape index (κ1) is 17.0. The van der Waals surface area contributed by atoms with Gasteiger partial charge in [0.25, 0.3) is 0 Å². The van der Waals surface area contributed by atoms with Crippen LogP contribution in [0, 0.1) is 5.41 Å². The molecule has 0 atom stereocenters. The maximum atomic E-state index is 12.1. The van der Waals surface area contributed by atoms with Crippen molar-refractivity contribution < 1.29 is 9.53 Å². The van der Waals surface area contributed by atoms with E-state index in [-0.39, 0.29) is 11.5 Å². The highest BCUT2D eigenvalue weighted by Gasteiger charge is 2.54. The normalized spacial score (nSPS) is 18.3. The molecule has 4 nitrogen and oxygen atoms in total. The third-order valence-corrected chi connectivity index (χ3v) is 5.10. The molecule has 2 fully saturated rings. The van der Waals surface area contributed by atoms with Gasteiger partial charge in [-0.05, 0) is 44.0 Å². The fourth-order valence-electron chi connectivity index (χ4n) is 3.86. The van der Waals surface area contributed by atoms with Gasteiger partial charge in [-0.15, -0.1) is 0 Å². The zero-order valence-corrected chi connectivity index (χ0v) is 15.7. The van der Waals surface area contributed by atoms with E-state index < -0.39 is 5.60 Å². The van der Waals surface area contributed by atoms with Gasteiger partial charge in [-0.3, -0.25) is 0 Å². The van der Waals surface area contributed by atoms with Crippen LogP contribution in [0.1, 0.15) is 20.8 Å². The van der Waals surface area contributed by atoms with E-state index in [4.69, 9.17) is 4.74 Å². The largest absolute Gasteiger partial charge is 0.444 e. The Balaban J connectivity index is 1.31. The van der Waals surface area contributed by atoms with Crippen LogP contribution in [0.25, 0.3) is 11.1 Å². The van der Waals surface area contributed by atoms with E-state index in [9.17, 15) is 4.79 Å². The topological polar surface area (TPSA) is 32.8 Å². The smallest absolute Gasteiger partial charge is 0.410 e. The lowest BCUT2D eigenvalue weighted by atomic mass is 9.73. The molecule has 0 saturated carbocycles. The van der Waals surface area contributed by atoms with E-state index in [2.05, 4.69) is 53.4 Å². The quantitative estimate of drug-likeness (QED) is 0.804. The summed E-state index contributed by atoms with van der Waals surface area (Å²) in [5.74, 6) is 0. The molecule has 1 spiro atoms. The third-order valence-electron chi connectivity index (χ3n) is 5.10. The highest BCUT2D eigenvalue weighted by Crippen LogP contribution is 2.42. The molecule has 0 bridgehead atoms. The molecule has 2 saturated heterocycles. The van der Waals surface area contributed by atoms with Gasteiger partial charge in [0.15, 0.2) is 0 Å². The molecule has 0 radical (unpaired) electrons. The van der Waals surface area contributed by atoms with Crippen molar-refractivity contribution in [1.82, 2.24) is 4.90 Å². The predicted molar refractivity (Wildman–Crippen MR) is 104 cm³/mol. The van der Waals surface area contributed by atoms with Crippen LogP contribution in [0.3, 0.4) is 0 Å². The molecule has 0 unspecified atom stereocenters. The lowest BCUT2D eigenvalue weighted by Gasteiger charge is -2.60. The number of benzene rings is 2. The van der Waals surface area contributed by atoms with Crippen LogP contribution < -0.4 is 4.90 Å². The number of likely N-dealkylation sites (tertiary alicyclic amines) is 1. The fourth-order valence-corrected chi connectivity index (χ4v) is 3.86. The van der Waals surface area contributed by atoms with Crippen LogP contribution in [-0.4, -0.2) is 42.8 Å². The van der Waals surface area contributed by atoms with Crippen molar-refractivity contribution in [3.05, 3.63) is 54.6 Å². The molecule has 0 aliphatic carbocycles. The number of carbonyl (C=O) groups excluding carboxylic acids is 1. The van der Waals surface area contributed by atoms with Gasteiger partial charge in [0.05, 0.1) is 0 Å². The standard InChI is InChI=1S/C22H26N2O2/c1-21(2,3)26-20(25)24-15-22(16-24)13-23(14-22)19-11-9-18(10-12-19)17-7-5-4-6-8-17/h4-12H,13-16H2,1-3H3. The number of nitrogens with zero attached hydrogens (tertiary/aromatic N) is 2. The van der Waals surface area contributed by atoms with Gasteiger partial charge in [0.1, 0.15) is 5.60 Å². The Hall–Kier alpha value is -2.49. The first-order valence-electron chi connectivity index (χ1n) is 9.22. The van der Waals surface area contributed by atoms with E-state index >= 15 is 0 Å². The average molecular weight is 350 g/mol. The van der Waals surface area contributed by atoms with Crippen molar-refractivity contribution >= 4 is 11.8 Å². The van der Waals surface area contributed by atoms with Crippen molar-refractivity contribution in [3.63, 3.8) is 0 Å². The van der Waals surface area contributed by atoms with Gasteiger partial charge in [-0.25, -0.2) is 4.79 Å². The van der Waals surface area contributed by atoms with E-state index in [1.807, 2.05) is 31.7 Å². The monoisotopic (exact) mass is 350 g/mol. The summed E-state index contributed by atoms with van der Waals surface area (Å²) in [4.78, 5) is 16.3. The number of hydrogen-bond acceptors (Lipinski definition) is 3. The Morgan fingerprint density at radius 2 is 1.46 bits per heavy atom. The second-order valence-corrected chi connectivity index (χ2v) is 8.61. The zero-order chi connectivity index (χ0) is 18.4. The first-order valence-corrected chi connectivity index (χ1v) is 9.22. The summed E-state index contributed by atoms with van der Waals surface area (Å²) in [6.45, 7) is 9.36. The summed E-state index contributed by atoms with van der Waals surface area (Å²) in [6, 6.07) is 19.2. The highest BCUT2D eigenvalue weighted by molar-refractivity contribution is 5.70. The van der Waals surface area contributed by atoms with E-state index in [1.165, 1.54) is 16.8 Å². The van der Waals surface area contributed by atoms with Gasteiger partial charge in [0.2, 0.25) is 0 Å². The number of amides is 1. The van der Waals surface area contributed by atoms with Gasteiger partial charge < -0.3 is 14.5 Å².